The van der Waals surface area contributed by atoms with Gasteiger partial charge >= 0.3 is 0 Å². The number of para-hydroxylation sites is 1. The first kappa shape index (κ1) is 17.6. The molecule has 23 heavy (non-hydrogen) atoms. The molecular formula is C15H14BrFN2O3S. The number of benzene rings is 2. The van der Waals surface area contributed by atoms with Crippen LogP contribution in [0, 0.1) is 5.82 Å². The fourth-order valence-electron chi connectivity index (χ4n) is 1.77. The first-order valence-electron chi connectivity index (χ1n) is 6.68. The summed E-state index contributed by atoms with van der Waals surface area (Å²) in [5.74, 6) is -0.838. The fraction of sp³-hybridized carbons (Fsp3) is 0.133. The molecule has 0 atom stereocenters. The lowest BCUT2D eigenvalue weighted by Crippen LogP contribution is -2.27. The van der Waals surface area contributed by atoms with Crippen LogP contribution < -0.4 is 10.0 Å². The van der Waals surface area contributed by atoms with Crippen LogP contribution in [-0.2, 0) is 14.8 Å². The molecular weight excluding hydrogens is 387 g/mol. The molecule has 0 aliphatic heterocycles. The van der Waals surface area contributed by atoms with Gasteiger partial charge in [-0.1, -0.05) is 12.1 Å². The highest BCUT2D eigenvalue weighted by molar-refractivity contribution is 9.10. The second-order valence-corrected chi connectivity index (χ2v) is 7.25. The number of amides is 1. The van der Waals surface area contributed by atoms with Crippen molar-refractivity contribution in [3.05, 3.63) is 58.8 Å². The fourth-order valence-corrected chi connectivity index (χ4v) is 3.19. The van der Waals surface area contributed by atoms with Crippen molar-refractivity contribution in [3.8, 4) is 0 Å². The minimum absolute atomic E-state index is 0.0260. The highest BCUT2D eigenvalue weighted by Crippen LogP contribution is 2.21. The van der Waals surface area contributed by atoms with Gasteiger partial charge in [0, 0.05) is 17.4 Å². The maximum Gasteiger partial charge on any atom is 0.240 e. The molecule has 2 aromatic rings. The molecule has 2 aromatic carbocycles. The molecule has 0 saturated carbocycles. The van der Waals surface area contributed by atoms with E-state index in [0.29, 0.717) is 5.69 Å². The van der Waals surface area contributed by atoms with Gasteiger partial charge in [0.1, 0.15) is 5.82 Å². The zero-order chi connectivity index (χ0) is 16.9. The van der Waals surface area contributed by atoms with Gasteiger partial charge in [-0.25, -0.2) is 17.5 Å². The molecule has 0 heterocycles. The quantitative estimate of drug-likeness (QED) is 0.782. The van der Waals surface area contributed by atoms with Gasteiger partial charge in [0.15, 0.2) is 0 Å². The lowest BCUT2D eigenvalue weighted by Gasteiger charge is -2.08. The topological polar surface area (TPSA) is 75.3 Å². The zero-order valence-electron chi connectivity index (χ0n) is 11.9. The van der Waals surface area contributed by atoms with E-state index in [1.807, 2.05) is 6.07 Å². The van der Waals surface area contributed by atoms with E-state index in [0.717, 1.165) is 16.6 Å². The van der Waals surface area contributed by atoms with E-state index in [1.54, 1.807) is 18.2 Å². The number of anilines is 1. The van der Waals surface area contributed by atoms with Crippen molar-refractivity contribution in [2.45, 2.75) is 11.3 Å². The molecule has 122 valence electrons. The number of carbonyl (C=O) groups excluding carboxylic acids is 1. The number of rotatable bonds is 6. The molecule has 0 unspecified atom stereocenters. The second kappa shape index (κ2) is 7.67. The molecule has 0 aromatic heterocycles. The van der Waals surface area contributed by atoms with Crippen LogP contribution in [0.15, 0.2) is 57.9 Å². The van der Waals surface area contributed by atoms with Gasteiger partial charge in [0.2, 0.25) is 15.9 Å². The van der Waals surface area contributed by atoms with Crippen LogP contribution in [0.5, 0.6) is 0 Å². The smallest absolute Gasteiger partial charge is 0.240 e. The molecule has 0 fully saturated rings. The molecule has 0 aliphatic rings. The Balaban J connectivity index is 1.88. The standard InChI is InChI=1S/C15H14BrFN2O3S/c16-13-3-1-2-4-14(13)19-15(20)9-10-18-23(21,22)12-7-5-11(17)6-8-12/h1-8,18H,9-10H2,(H,19,20). The molecule has 8 heteroatoms. The van der Waals surface area contributed by atoms with Crippen molar-refractivity contribution in [2.75, 3.05) is 11.9 Å². The molecule has 5 nitrogen and oxygen atoms in total. The monoisotopic (exact) mass is 400 g/mol. The SMILES string of the molecule is O=C(CCNS(=O)(=O)c1ccc(F)cc1)Nc1ccccc1Br. The van der Waals surface area contributed by atoms with E-state index in [1.165, 1.54) is 12.1 Å². The number of nitrogens with one attached hydrogen (secondary N) is 2. The Hall–Kier alpha value is -1.77. The lowest BCUT2D eigenvalue weighted by molar-refractivity contribution is -0.116. The van der Waals surface area contributed by atoms with Gasteiger partial charge < -0.3 is 5.32 Å². The molecule has 2 rings (SSSR count). The van der Waals surface area contributed by atoms with Crippen LogP contribution in [0.1, 0.15) is 6.42 Å². The van der Waals surface area contributed by atoms with Gasteiger partial charge in [0.25, 0.3) is 0 Å². The zero-order valence-corrected chi connectivity index (χ0v) is 14.3. The molecule has 0 aliphatic carbocycles. The third kappa shape index (κ3) is 5.12. The van der Waals surface area contributed by atoms with Crippen LogP contribution >= 0.6 is 15.9 Å². The predicted octanol–water partition coefficient (Wildman–Crippen LogP) is 2.90. The summed E-state index contributed by atoms with van der Waals surface area (Å²) >= 11 is 3.30. The predicted molar refractivity (Wildman–Crippen MR) is 89.0 cm³/mol. The van der Waals surface area contributed by atoms with Gasteiger partial charge in [-0.15, -0.1) is 0 Å². The van der Waals surface area contributed by atoms with Crippen molar-refractivity contribution < 1.29 is 17.6 Å². The van der Waals surface area contributed by atoms with E-state index in [4.69, 9.17) is 0 Å². The van der Waals surface area contributed by atoms with Crippen LogP contribution in [0.25, 0.3) is 0 Å². The Bertz CT molecular complexity index is 795. The summed E-state index contributed by atoms with van der Waals surface area (Å²) in [5.41, 5.74) is 0.610. The number of hydrogen-bond donors (Lipinski definition) is 2. The number of hydrogen-bond acceptors (Lipinski definition) is 3. The maximum atomic E-state index is 12.8. The first-order valence-corrected chi connectivity index (χ1v) is 8.96. The van der Waals surface area contributed by atoms with Crippen molar-refractivity contribution >= 4 is 37.5 Å². The van der Waals surface area contributed by atoms with E-state index in [9.17, 15) is 17.6 Å². The third-order valence-corrected chi connectivity index (χ3v) is 5.08. The van der Waals surface area contributed by atoms with Crippen molar-refractivity contribution in [1.29, 1.82) is 0 Å². The number of sulfonamides is 1. The highest BCUT2D eigenvalue weighted by Gasteiger charge is 2.14. The van der Waals surface area contributed by atoms with Crippen LogP contribution in [0.2, 0.25) is 0 Å². The van der Waals surface area contributed by atoms with Gasteiger partial charge in [0.05, 0.1) is 10.6 Å². The Morgan fingerprint density at radius 2 is 1.74 bits per heavy atom. The van der Waals surface area contributed by atoms with E-state index >= 15 is 0 Å². The van der Waals surface area contributed by atoms with Crippen molar-refractivity contribution in [2.24, 2.45) is 0 Å². The summed E-state index contributed by atoms with van der Waals surface area (Å²) in [6, 6.07) is 11.6. The normalized spacial score (nSPS) is 11.2. The molecule has 0 bridgehead atoms. The van der Waals surface area contributed by atoms with Gasteiger partial charge in [-0.3, -0.25) is 4.79 Å². The second-order valence-electron chi connectivity index (χ2n) is 4.63. The molecule has 0 radical (unpaired) electrons. The summed E-state index contributed by atoms with van der Waals surface area (Å²) in [7, 11) is -3.76. The number of carbonyl (C=O) groups is 1. The lowest BCUT2D eigenvalue weighted by atomic mass is 10.3. The molecule has 0 saturated heterocycles. The van der Waals surface area contributed by atoms with Crippen LogP contribution in [-0.4, -0.2) is 20.9 Å². The van der Waals surface area contributed by atoms with Gasteiger partial charge in [-0.2, -0.15) is 0 Å². The summed E-state index contributed by atoms with van der Waals surface area (Å²) in [5, 5.41) is 2.67. The Kier molecular flexibility index (Phi) is 5.86. The Morgan fingerprint density at radius 3 is 2.39 bits per heavy atom. The summed E-state index contributed by atoms with van der Waals surface area (Å²) < 4.78 is 39.8. The largest absolute Gasteiger partial charge is 0.325 e. The Morgan fingerprint density at radius 1 is 1.09 bits per heavy atom. The summed E-state index contributed by atoms with van der Waals surface area (Å²) in [4.78, 5) is 11.8. The summed E-state index contributed by atoms with van der Waals surface area (Å²) in [6.45, 7) is -0.0595. The minimum atomic E-state index is -3.76. The van der Waals surface area contributed by atoms with E-state index < -0.39 is 15.8 Å². The molecule has 0 spiro atoms. The van der Waals surface area contributed by atoms with Crippen LogP contribution in [0.3, 0.4) is 0 Å². The maximum absolute atomic E-state index is 12.8. The van der Waals surface area contributed by atoms with Crippen molar-refractivity contribution in [1.82, 2.24) is 4.72 Å². The first-order chi connectivity index (χ1) is 10.9. The minimum Gasteiger partial charge on any atom is -0.325 e. The molecule has 1 amide bonds. The molecule has 2 N–H and O–H groups in total. The van der Waals surface area contributed by atoms with Crippen LogP contribution in [0.4, 0.5) is 10.1 Å². The van der Waals surface area contributed by atoms with E-state index in [-0.39, 0.29) is 23.8 Å². The van der Waals surface area contributed by atoms with Gasteiger partial charge in [-0.05, 0) is 52.3 Å². The highest BCUT2D eigenvalue weighted by atomic mass is 79.9. The van der Waals surface area contributed by atoms with E-state index in [2.05, 4.69) is 26.0 Å². The van der Waals surface area contributed by atoms with Crippen molar-refractivity contribution in [3.63, 3.8) is 0 Å². The average molecular weight is 401 g/mol. The Labute approximate surface area is 142 Å². The third-order valence-electron chi connectivity index (χ3n) is 2.92. The average Bonchev–Trinajstić information content (AvgIpc) is 2.50. The number of halogens is 2. The summed E-state index contributed by atoms with van der Waals surface area (Å²) in [6.07, 6.45) is -0.0260.